The summed E-state index contributed by atoms with van der Waals surface area (Å²) in [7, 11) is 0. The molecule has 1 aliphatic rings. The van der Waals surface area contributed by atoms with Crippen molar-refractivity contribution in [3.05, 3.63) is 69.6 Å². The van der Waals surface area contributed by atoms with Crippen LogP contribution in [0.3, 0.4) is 0 Å². The number of nitrogens with one attached hydrogen (secondary N) is 1. The van der Waals surface area contributed by atoms with Crippen LogP contribution >= 0.6 is 22.7 Å². The minimum absolute atomic E-state index is 0.0755. The van der Waals surface area contributed by atoms with Gasteiger partial charge in [-0.1, -0.05) is 29.8 Å². The third kappa shape index (κ3) is 3.72. The lowest BCUT2D eigenvalue weighted by atomic mass is 10.0. The zero-order chi connectivity index (χ0) is 22.4. The van der Waals surface area contributed by atoms with Gasteiger partial charge in [0.15, 0.2) is 0 Å². The van der Waals surface area contributed by atoms with Crippen molar-refractivity contribution in [1.29, 1.82) is 0 Å². The number of aryl methyl sites for hydroxylation is 2. The Hall–Kier alpha value is -3.03. The van der Waals surface area contributed by atoms with Crippen molar-refractivity contribution in [2.75, 3.05) is 11.9 Å². The van der Waals surface area contributed by atoms with Gasteiger partial charge < -0.3 is 10.2 Å². The standard InChI is InChI=1S/C25H23N3O2S2/c1-14-8-9-15(2)18(12-14)23(30)27-25-22(24-26-19-6-4-5-7-20(19)31-24)17-10-11-28(16(3)29)13-21(17)32-25/h4-9,12H,10-11,13H2,1-3H3,(H,27,30). The molecule has 1 aliphatic heterocycles. The van der Waals surface area contributed by atoms with Crippen molar-refractivity contribution in [3.8, 4) is 10.6 Å². The van der Waals surface area contributed by atoms with Crippen LogP contribution in [-0.4, -0.2) is 28.2 Å². The van der Waals surface area contributed by atoms with Crippen molar-refractivity contribution < 1.29 is 9.59 Å². The molecule has 2 aromatic carbocycles. The van der Waals surface area contributed by atoms with Crippen molar-refractivity contribution in [3.63, 3.8) is 0 Å². The van der Waals surface area contributed by atoms with E-state index in [0.29, 0.717) is 18.7 Å². The molecule has 3 heterocycles. The van der Waals surface area contributed by atoms with Gasteiger partial charge in [0.1, 0.15) is 10.0 Å². The van der Waals surface area contributed by atoms with Crippen LogP contribution in [0.15, 0.2) is 42.5 Å². The number of amides is 2. The Labute approximate surface area is 194 Å². The predicted molar refractivity (Wildman–Crippen MR) is 132 cm³/mol. The number of carbonyl (C=O) groups is 2. The van der Waals surface area contributed by atoms with Crippen LogP contribution in [0, 0.1) is 13.8 Å². The molecule has 4 aromatic rings. The van der Waals surface area contributed by atoms with E-state index >= 15 is 0 Å². The number of rotatable bonds is 3. The quantitative estimate of drug-likeness (QED) is 0.419. The van der Waals surface area contributed by atoms with Crippen molar-refractivity contribution in [2.45, 2.75) is 33.7 Å². The minimum Gasteiger partial charge on any atom is -0.337 e. The lowest BCUT2D eigenvalue weighted by molar-refractivity contribution is -0.129. The lowest BCUT2D eigenvalue weighted by Crippen LogP contribution is -2.33. The molecule has 32 heavy (non-hydrogen) atoms. The Balaban J connectivity index is 1.60. The third-order valence-electron chi connectivity index (χ3n) is 5.87. The van der Waals surface area contributed by atoms with Crippen LogP contribution in [0.1, 0.15) is 38.8 Å². The first-order valence-corrected chi connectivity index (χ1v) is 12.2. The van der Waals surface area contributed by atoms with E-state index in [1.165, 1.54) is 5.56 Å². The highest BCUT2D eigenvalue weighted by Gasteiger charge is 2.28. The third-order valence-corrected chi connectivity index (χ3v) is 8.06. The largest absolute Gasteiger partial charge is 0.337 e. The molecule has 0 atom stereocenters. The molecule has 0 bridgehead atoms. The summed E-state index contributed by atoms with van der Waals surface area (Å²) < 4.78 is 1.12. The van der Waals surface area contributed by atoms with Crippen LogP contribution in [0.5, 0.6) is 0 Å². The average Bonchev–Trinajstić information content (AvgIpc) is 3.35. The van der Waals surface area contributed by atoms with Crippen LogP contribution in [0.2, 0.25) is 0 Å². The number of fused-ring (bicyclic) bond motifs is 2. The molecule has 2 aromatic heterocycles. The van der Waals surface area contributed by atoms with Gasteiger partial charge in [-0.3, -0.25) is 9.59 Å². The van der Waals surface area contributed by atoms with Crippen LogP contribution < -0.4 is 5.32 Å². The van der Waals surface area contributed by atoms with Gasteiger partial charge in [-0.15, -0.1) is 22.7 Å². The van der Waals surface area contributed by atoms with E-state index in [9.17, 15) is 9.59 Å². The molecular formula is C25H23N3O2S2. The Morgan fingerprint density at radius 2 is 1.91 bits per heavy atom. The van der Waals surface area contributed by atoms with Gasteiger partial charge in [0.25, 0.3) is 5.91 Å². The van der Waals surface area contributed by atoms with Gasteiger partial charge in [0.05, 0.1) is 16.8 Å². The lowest BCUT2D eigenvalue weighted by Gasteiger charge is -2.26. The number of thiazole rings is 1. The Bertz CT molecular complexity index is 1340. The molecule has 162 valence electrons. The summed E-state index contributed by atoms with van der Waals surface area (Å²) >= 11 is 3.20. The number of hydrogen-bond acceptors (Lipinski definition) is 5. The normalized spacial score (nSPS) is 13.3. The highest BCUT2D eigenvalue weighted by molar-refractivity contribution is 7.23. The zero-order valence-corrected chi connectivity index (χ0v) is 19.8. The van der Waals surface area contributed by atoms with Crippen molar-refractivity contribution >= 4 is 49.7 Å². The van der Waals surface area contributed by atoms with Crippen LogP contribution in [0.25, 0.3) is 20.8 Å². The van der Waals surface area contributed by atoms with Gasteiger partial charge in [-0.05, 0) is 49.6 Å². The predicted octanol–water partition coefficient (Wildman–Crippen LogP) is 5.80. The minimum atomic E-state index is -0.115. The molecule has 0 fully saturated rings. The summed E-state index contributed by atoms with van der Waals surface area (Å²) in [6.07, 6.45) is 0.760. The summed E-state index contributed by atoms with van der Waals surface area (Å²) in [6.45, 7) is 6.81. The fourth-order valence-electron chi connectivity index (χ4n) is 4.12. The molecule has 0 saturated heterocycles. The molecule has 2 amide bonds. The number of benzene rings is 2. The molecule has 0 saturated carbocycles. The van der Waals surface area contributed by atoms with E-state index in [2.05, 4.69) is 11.4 Å². The van der Waals surface area contributed by atoms with E-state index in [0.717, 1.165) is 48.2 Å². The molecule has 0 radical (unpaired) electrons. The number of thiophene rings is 1. The highest BCUT2D eigenvalue weighted by Crippen LogP contribution is 2.45. The van der Waals surface area contributed by atoms with Gasteiger partial charge in [0.2, 0.25) is 5.91 Å². The SMILES string of the molecule is CC(=O)N1CCc2c(sc(NC(=O)c3cc(C)ccc3C)c2-c2nc3ccccc3s2)C1. The van der Waals surface area contributed by atoms with Gasteiger partial charge in [-0.25, -0.2) is 4.98 Å². The maximum atomic E-state index is 13.2. The first-order chi connectivity index (χ1) is 15.4. The molecule has 0 aliphatic carbocycles. The van der Waals surface area contributed by atoms with Gasteiger partial charge in [-0.2, -0.15) is 0 Å². The Kier molecular flexibility index (Phi) is 5.31. The fourth-order valence-corrected chi connectivity index (χ4v) is 6.49. The number of nitrogens with zero attached hydrogens (tertiary/aromatic N) is 2. The molecule has 5 nitrogen and oxygen atoms in total. The topological polar surface area (TPSA) is 62.3 Å². The maximum Gasteiger partial charge on any atom is 0.256 e. The number of carbonyl (C=O) groups excluding carboxylic acids is 2. The summed E-state index contributed by atoms with van der Waals surface area (Å²) in [5.41, 5.74) is 5.83. The van der Waals surface area contributed by atoms with E-state index in [1.807, 2.05) is 55.1 Å². The zero-order valence-electron chi connectivity index (χ0n) is 18.2. The number of aromatic nitrogens is 1. The molecular weight excluding hydrogens is 438 g/mol. The van der Waals surface area contributed by atoms with E-state index < -0.39 is 0 Å². The van der Waals surface area contributed by atoms with Gasteiger partial charge >= 0.3 is 0 Å². The van der Waals surface area contributed by atoms with Crippen molar-refractivity contribution in [1.82, 2.24) is 9.88 Å². The number of hydrogen-bond donors (Lipinski definition) is 1. The second-order valence-electron chi connectivity index (χ2n) is 8.16. The number of anilines is 1. The van der Waals surface area contributed by atoms with E-state index in [4.69, 9.17) is 4.98 Å². The first-order valence-electron chi connectivity index (χ1n) is 10.6. The van der Waals surface area contributed by atoms with E-state index in [1.54, 1.807) is 29.6 Å². The van der Waals surface area contributed by atoms with E-state index in [-0.39, 0.29) is 11.8 Å². The second-order valence-corrected chi connectivity index (χ2v) is 10.3. The molecule has 0 unspecified atom stereocenters. The summed E-state index contributed by atoms with van der Waals surface area (Å²) in [4.78, 5) is 33.1. The molecule has 0 spiro atoms. The van der Waals surface area contributed by atoms with Gasteiger partial charge in [0, 0.05) is 29.5 Å². The highest BCUT2D eigenvalue weighted by atomic mass is 32.1. The van der Waals surface area contributed by atoms with Crippen molar-refractivity contribution in [2.24, 2.45) is 0 Å². The molecule has 1 N–H and O–H groups in total. The second kappa shape index (κ2) is 8.15. The molecule has 7 heteroatoms. The smallest absolute Gasteiger partial charge is 0.256 e. The van der Waals surface area contributed by atoms with Crippen LogP contribution in [-0.2, 0) is 17.8 Å². The molecule has 5 rings (SSSR count). The Morgan fingerprint density at radius 3 is 2.69 bits per heavy atom. The summed E-state index contributed by atoms with van der Waals surface area (Å²) in [5, 5.41) is 4.91. The fraction of sp³-hybridized carbons (Fsp3) is 0.240. The average molecular weight is 462 g/mol. The number of para-hydroxylation sites is 1. The first kappa shape index (κ1) is 20.8. The summed E-state index contributed by atoms with van der Waals surface area (Å²) in [5.74, 6) is -0.0397. The maximum absolute atomic E-state index is 13.2. The summed E-state index contributed by atoms with van der Waals surface area (Å²) in [6, 6.07) is 14.0. The Morgan fingerprint density at radius 1 is 1.09 bits per heavy atom. The monoisotopic (exact) mass is 461 g/mol. The van der Waals surface area contributed by atoms with Crippen LogP contribution in [0.4, 0.5) is 5.00 Å².